The van der Waals surface area contributed by atoms with Gasteiger partial charge in [0.1, 0.15) is 11.8 Å². The number of rotatable bonds is 3. The van der Waals surface area contributed by atoms with Gasteiger partial charge in [-0.15, -0.1) is 0 Å². The summed E-state index contributed by atoms with van der Waals surface area (Å²) in [5.74, 6) is 0.794. The maximum absolute atomic E-state index is 9.08. The van der Waals surface area contributed by atoms with Crippen molar-refractivity contribution in [3.63, 3.8) is 0 Å². The molecule has 0 aliphatic rings. The molecule has 0 saturated carbocycles. The molecule has 0 aromatic heterocycles. The lowest BCUT2D eigenvalue weighted by Gasteiger charge is -2.05. The van der Waals surface area contributed by atoms with Crippen molar-refractivity contribution in [2.24, 2.45) is 4.99 Å². The molecule has 0 aliphatic carbocycles. The number of methoxy groups -OCH3 is 1. The van der Waals surface area contributed by atoms with E-state index in [4.69, 9.17) is 21.6 Å². The molecular formula is C16H13ClN2O. The third kappa shape index (κ3) is 3.17. The molecule has 100 valence electrons. The van der Waals surface area contributed by atoms with E-state index in [-0.39, 0.29) is 0 Å². The minimum atomic E-state index is 0.502. The van der Waals surface area contributed by atoms with Crippen LogP contribution in [0, 0.1) is 11.3 Å². The number of nitrogens with zero attached hydrogens (tertiary/aromatic N) is 2. The fourth-order valence-electron chi connectivity index (χ4n) is 1.77. The van der Waals surface area contributed by atoms with E-state index in [1.807, 2.05) is 31.2 Å². The predicted molar refractivity (Wildman–Crippen MR) is 81.0 cm³/mol. The summed E-state index contributed by atoms with van der Waals surface area (Å²) in [6.45, 7) is 1.89. The zero-order chi connectivity index (χ0) is 14.5. The second-order valence-corrected chi connectivity index (χ2v) is 4.64. The number of hydrogen-bond acceptors (Lipinski definition) is 3. The Labute approximate surface area is 123 Å². The van der Waals surface area contributed by atoms with Gasteiger partial charge in [-0.1, -0.05) is 11.6 Å². The summed E-state index contributed by atoms with van der Waals surface area (Å²) < 4.78 is 5.12. The van der Waals surface area contributed by atoms with Gasteiger partial charge in [-0.3, -0.25) is 4.99 Å². The Morgan fingerprint density at radius 2 is 1.90 bits per heavy atom. The van der Waals surface area contributed by atoms with Crippen LogP contribution in [-0.4, -0.2) is 12.8 Å². The third-order valence-electron chi connectivity index (χ3n) is 2.88. The summed E-state index contributed by atoms with van der Waals surface area (Å²) >= 11 is 5.95. The predicted octanol–water partition coefficient (Wildman–Crippen LogP) is 4.36. The Morgan fingerprint density at radius 1 is 1.20 bits per heavy atom. The van der Waals surface area contributed by atoms with Crippen LogP contribution in [0.3, 0.4) is 0 Å². The third-order valence-corrected chi connectivity index (χ3v) is 3.11. The fourth-order valence-corrected chi connectivity index (χ4v) is 1.94. The van der Waals surface area contributed by atoms with E-state index in [2.05, 4.69) is 11.1 Å². The van der Waals surface area contributed by atoms with Crippen LogP contribution >= 0.6 is 11.6 Å². The second kappa shape index (κ2) is 6.23. The topological polar surface area (TPSA) is 45.4 Å². The summed E-state index contributed by atoms with van der Waals surface area (Å²) in [5, 5.41) is 9.64. The highest BCUT2D eigenvalue weighted by Gasteiger charge is 2.04. The Kier molecular flexibility index (Phi) is 4.39. The quantitative estimate of drug-likeness (QED) is 0.786. The van der Waals surface area contributed by atoms with Crippen LogP contribution in [-0.2, 0) is 0 Å². The van der Waals surface area contributed by atoms with Gasteiger partial charge in [-0.05, 0) is 55.0 Å². The summed E-state index contributed by atoms with van der Waals surface area (Å²) in [6, 6.07) is 14.7. The second-order valence-electron chi connectivity index (χ2n) is 4.20. The van der Waals surface area contributed by atoms with E-state index >= 15 is 0 Å². The number of halogens is 1. The first kappa shape index (κ1) is 14.1. The van der Waals surface area contributed by atoms with Crippen LogP contribution in [0.5, 0.6) is 5.75 Å². The molecule has 2 aromatic rings. The first-order chi connectivity index (χ1) is 9.63. The van der Waals surface area contributed by atoms with E-state index in [1.165, 1.54) is 0 Å². The van der Waals surface area contributed by atoms with Crippen molar-refractivity contribution in [3.8, 4) is 11.8 Å². The van der Waals surface area contributed by atoms with Crippen molar-refractivity contribution in [2.75, 3.05) is 7.11 Å². The summed E-state index contributed by atoms with van der Waals surface area (Å²) in [4.78, 5) is 4.49. The number of hydrogen-bond donors (Lipinski definition) is 0. The summed E-state index contributed by atoms with van der Waals surface area (Å²) in [7, 11) is 1.63. The number of aliphatic imine (C=N–C) groups is 1. The van der Waals surface area contributed by atoms with Gasteiger partial charge >= 0.3 is 0 Å². The van der Waals surface area contributed by atoms with Gasteiger partial charge in [0.2, 0.25) is 0 Å². The smallest absolute Gasteiger partial charge is 0.118 e. The maximum atomic E-state index is 9.08. The van der Waals surface area contributed by atoms with E-state index in [0.29, 0.717) is 16.3 Å². The van der Waals surface area contributed by atoms with Crippen molar-refractivity contribution < 1.29 is 4.74 Å². The van der Waals surface area contributed by atoms with Crippen molar-refractivity contribution in [1.29, 1.82) is 5.26 Å². The summed E-state index contributed by atoms with van der Waals surface area (Å²) in [5.41, 5.74) is 2.86. The molecular weight excluding hydrogens is 272 g/mol. The molecule has 0 radical (unpaired) electrons. The van der Waals surface area contributed by atoms with E-state index in [1.54, 1.807) is 25.3 Å². The molecule has 0 fully saturated rings. The molecule has 0 N–H and O–H groups in total. The number of ether oxygens (including phenoxy) is 1. The molecule has 0 amide bonds. The van der Waals surface area contributed by atoms with Gasteiger partial charge in [0.25, 0.3) is 0 Å². The molecule has 20 heavy (non-hydrogen) atoms. The Morgan fingerprint density at radius 3 is 2.50 bits per heavy atom. The minimum absolute atomic E-state index is 0.502. The van der Waals surface area contributed by atoms with Gasteiger partial charge < -0.3 is 4.74 Å². The Balaban J connectivity index is 2.39. The van der Waals surface area contributed by atoms with Crippen LogP contribution in [0.2, 0.25) is 5.02 Å². The van der Waals surface area contributed by atoms with Crippen molar-refractivity contribution >= 4 is 23.0 Å². The standard InChI is InChI=1S/C16H13ClN2O/c1-11(12-4-7-15(20-2)8-5-12)19-16-9-14(17)6-3-13(16)10-18/h3-9H,1-2H3. The first-order valence-electron chi connectivity index (χ1n) is 6.03. The Bertz CT molecular complexity index is 685. The molecule has 0 heterocycles. The van der Waals surface area contributed by atoms with Crippen molar-refractivity contribution in [2.45, 2.75) is 6.92 Å². The van der Waals surface area contributed by atoms with Crippen LogP contribution in [0.1, 0.15) is 18.1 Å². The molecule has 4 heteroatoms. The molecule has 2 rings (SSSR count). The fraction of sp³-hybridized carbons (Fsp3) is 0.125. The zero-order valence-corrected chi connectivity index (χ0v) is 12.0. The van der Waals surface area contributed by atoms with Gasteiger partial charge in [0, 0.05) is 10.7 Å². The summed E-state index contributed by atoms with van der Waals surface area (Å²) in [6.07, 6.45) is 0. The van der Waals surface area contributed by atoms with Gasteiger partial charge in [0.15, 0.2) is 0 Å². The highest BCUT2D eigenvalue weighted by atomic mass is 35.5. The SMILES string of the molecule is COc1ccc(C(C)=Nc2cc(Cl)ccc2C#N)cc1. The lowest BCUT2D eigenvalue weighted by molar-refractivity contribution is 0.415. The molecule has 3 nitrogen and oxygen atoms in total. The van der Waals surface area contributed by atoms with Crippen LogP contribution in [0.25, 0.3) is 0 Å². The average molecular weight is 285 g/mol. The number of nitriles is 1. The number of benzene rings is 2. The monoisotopic (exact) mass is 284 g/mol. The molecule has 0 aliphatic heterocycles. The maximum Gasteiger partial charge on any atom is 0.118 e. The van der Waals surface area contributed by atoms with Crippen molar-refractivity contribution in [3.05, 3.63) is 58.6 Å². The largest absolute Gasteiger partial charge is 0.497 e. The van der Waals surface area contributed by atoms with Crippen LogP contribution in [0.4, 0.5) is 5.69 Å². The molecule has 0 saturated heterocycles. The minimum Gasteiger partial charge on any atom is -0.497 e. The normalized spacial score (nSPS) is 11.0. The van der Waals surface area contributed by atoms with E-state index < -0.39 is 0 Å². The first-order valence-corrected chi connectivity index (χ1v) is 6.41. The van der Waals surface area contributed by atoms with Crippen LogP contribution in [0.15, 0.2) is 47.5 Å². The molecule has 0 atom stereocenters. The highest BCUT2D eigenvalue weighted by molar-refractivity contribution is 6.30. The van der Waals surface area contributed by atoms with E-state index in [9.17, 15) is 0 Å². The van der Waals surface area contributed by atoms with Crippen molar-refractivity contribution in [1.82, 2.24) is 0 Å². The average Bonchev–Trinajstić information content (AvgIpc) is 2.47. The van der Waals surface area contributed by atoms with Gasteiger partial charge in [-0.2, -0.15) is 5.26 Å². The van der Waals surface area contributed by atoms with E-state index in [0.717, 1.165) is 17.0 Å². The van der Waals surface area contributed by atoms with Crippen LogP contribution < -0.4 is 4.74 Å². The lowest BCUT2D eigenvalue weighted by atomic mass is 10.1. The molecule has 0 unspecified atom stereocenters. The molecule has 0 bridgehead atoms. The van der Waals surface area contributed by atoms with Gasteiger partial charge in [0.05, 0.1) is 18.4 Å². The zero-order valence-electron chi connectivity index (χ0n) is 11.2. The lowest BCUT2D eigenvalue weighted by Crippen LogP contribution is -1.94. The highest BCUT2D eigenvalue weighted by Crippen LogP contribution is 2.24. The van der Waals surface area contributed by atoms with Gasteiger partial charge in [-0.25, -0.2) is 0 Å². The Hall–Kier alpha value is -2.31. The molecule has 2 aromatic carbocycles. The molecule has 0 spiro atoms.